The largest absolute Gasteiger partial charge is 0.384 e. The highest BCUT2D eigenvalue weighted by Crippen LogP contribution is 2.16. The van der Waals surface area contributed by atoms with Crippen molar-refractivity contribution in [3.05, 3.63) is 23.9 Å². The molecule has 0 saturated carbocycles. The monoisotopic (exact) mass is 191 g/mol. The third-order valence-electron chi connectivity index (χ3n) is 2.77. The van der Waals surface area contributed by atoms with Crippen molar-refractivity contribution in [2.24, 2.45) is 5.92 Å². The van der Waals surface area contributed by atoms with Gasteiger partial charge < -0.3 is 11.1 Å². The first kappa shape index (κ1) is 9.46. The van der Waals surface area contributed by atoms with Crippen molar-refractivity contribution in [1.82, 2.24) is 10.3 Å². The summed E-state index contributed by atoms with van der Waals surface area (Å²) in [6, 6.07) is 3.96. The van der Waals surface area contributed by atoms with Crippen molar-refractivity contribution in [3.8, 4) is 0 Å². The molecular formula is C11H17N3. The average Bonchev–Trinajstić information content (AvgIpc) is 2.23. The molecule has 0 aliphatic carbocycles. The minimum Gasteiger partial charge on any atom is -0.384 e. The lowest BCUT2D eigenvalue weighted by Crippen LogP contribution is -2.30. The predicted molar refractivity (Wildman–Crippen MR) is 57.9 cm³/mol. The molecule has 1 aliphatic rings. The molecule has 1 aliphatic heterocycles. The summed E-state index contributed by atoms with van der Waals surface area (Å²) in [6.07, 6.45) is 5.65. The summed E-state index contributed by atoms with van der Waals surface area (Å²) in [4.78, 5) is 4.10. The number of nitrogen functional groups attached to an aromatic ring is 1. The Labute approximate surface area is 84.7 Å². The van der Waals surface area contributed by atoms with Gasteiger partial charge in [-0.05, 0) is 49.9 Å². The molecule has 76 valence electrons. The highest BCUT2D eigenvalue weighted by atomic mass is 14.9. The standard InChI is InChI=1S/C11H17N3/c12-11-4-3-10(8-14-11)6-9-2-1-5-13-7-9/h3-4,8-9,13H,1-2,5-7H2,(H2,12,14)/t9-/m1/s1. The van der Waals surface area contributed by atoms with Gasteiger partial charge in [-0.1, -0.05) is 6.07 Å². The van der Waals surface area contributed by atoms with Crippen LogP contribution in [0.1, 0.15) is 18.4 Å². The van der Waals surface area contributed by atoms with E-state index in [1.165, 1.54) is 24.9 Å². The lowest BCUT2D eigenvalue weighted by Gasteiger charge is -2.22. The van der Waals surface area contributed by atoms with Crippen LogP contribution >= 0.6 is 0 Å². The van der Waals surface area contributed by atoms with Crippen molar-refractivity contribution in [2.75, 3.05) is 18.8 Å². The minimum atomic E-state index is 0.607. The molecule has 14 heavy (non-hydrogen) atoms. The van der Waals surface area contributed by atoms with E-state index in [4.69, 9.17) is 5.73 Å². The quantitative estimate of drug-likeness (QED) is 0.738. The van der Waals surface area contributed by atoms with E-state index in [0.29, 0.717) is 5.82 Å². The smallest absolute Gasteiger partial charge is 0.123 e. The second kappa shape index (κ2) is 4.42. The highest BCUT2D eigenvalue weighted by molar-refractivity contribution is 5.29. The van der Waals surface area contributed by atoms with Crippen molar-refractivity contribution in [2.45, 2.75) is 19.3 Å². The molecule has 0 spiro atoms. The summed E-state index contributed by atoms with van der Waals surface area (Å²) in [5.41, 5.74) is 6.84. The van der Waals surface area contributed by atoms with Crippen LogP contribution in [0.4, 0.5) is 5.82 Å². The third-order valence-corrected chi connectivity index (χ3v) is 2.77. The lowest BCUT2D eigenvalue weighted by molar-refractivity contribution is 0.376. The molecule has 3 nitrogen and oxygen atoms in total. The van der Waals surface area contributed by atoms with E-state index in [-0.39, 0.29) is 0 Å². The highest BCUT2D eigenvalue weighted by Gasteiger charge is 2.13. The third kappa shape index (κ3) is 2.45. The average molecular weight is 191 g/mol. The lowest BCUT2D eigenvalue weighted by atomic mass is 9.93. The van der Waals surface area contributed by atoms with Crippen LogP contribution < -0.4 is 11.1 Å². The Kier molecular flexibility index (Phi) is 2.99. The molecule has 1 fully saturated rings. The van der Waals surface area contributed by atoms with E-state index < -0.39 is 0 Å². The van der Waals surface area contributed by atoms with Crippen LogP contribution in [0.2, 0.25) is 0 Å². The van der Waals surface area contributed by atoms with Crippen LogP contribution in [0.5, 0.6) is 0 Å². The first-order valence-corrected chi connectivity index (χ1v) is 5.26. The number of hydrogen-bond donors (Lipinski definition) is 2. The predicted octanol–water partition coefficient (Wildman–Crippen LogP) is 1.21. The van der Waals surface area contributed by atoms with E-state index in [0.717, 1.165) is 18.9 Å². The maximum absolute atomic E-state index is 5.54. The summed E-state index contributed by atoms with van der Waals surface area (Å²) >= 11 is 0. The Morgan fingerprint density at radius 1 is 1.50 bits per heavy atom. The molecule has 2 heterocycles. The molecule has 0 bridgehead atoms. The Hall–Kier alpha value is -1.09. The van der Waals surface area contributed by atoms with Gasteiger partial charge in [0.1, 0.15) is 5.82 Å². The molecule has 0 aromatic carbocycles. The van der Waals surface area contributed by atoms with Gasteiger partial charge in [-0.2, -0.15) is 0 Å². The molecule has 3 N–H and O–H groups in total. The summed E-state index contributed by atoms with van der Waals surface area (Å²) < 4.78 is 0. The molecule has 1 aromatic rings. The zero-order valence-electron chi connectivity index (χ0n) is 8.37. The van der Waals surface area contributed by atoms with E-state index >= 15 is 0 Å². The van der Waals surface area contributed by atoms with Crippen molar-refractivity contribution < 1.29 is 0 Å². The van der Waals surface area contributed by atoms with Gasteiger partial charge in [0.25, 0.3) is 0 Å². The number of nitrogens with zero attached hydrogens (tertiary/aromatic N) is 1. The summed E-state index contributed by atoms with van der Waals surface area (Å²) in [5, 5.41) is 3.42. The topological polar surface area (TPSA) is 50.9 Å². The van der Waals surface area contributed by atoms with Gasteiger partial charge in [-0.3, -0.25) is 0 Å². The molecule has 0 amide bonds. The molecule has 1 atom stereocenters. The van der Waals surface area contributed by atoms with E-state index in [1.54, 1.807) is 0 Å². The Morgan fingerprint density at radius 2 is 2.43 bits per heavy atom. The van der Waals surface area contributed by atoms with Crippen molar-refractivity contribution in [1.29, 1.82) is 0 Å². The molecular weight excluding hydrogens is 174 g/mol. The van der Waals surface area contributed by atoms with Gasteiger partial charge in [0, 0.05) is 6.20 Å². The van der Waals surface area contributed by atoms with Crippen LogP contribution in [0.3, 0.4) is 0 Å². The minimum absolute atomic E-state index is 0.607. The number of piperidine rings is 1. The molecule has 1 saturated heterocycles. The van der Waals surface area contributed by atoms with Gasteiger partial charge in [-0.25, -0.2) is 4.98 Å². The van der Waals surface area contributed by atoms with Gasteiger partial charge in [0.05, 0.1) is 0 Å². The number of pyridine rings is 1. The number of rotatable bonds is 2. The Bertz CT molecular complexity index is 275. The van der Waals surface area contributed by atoms with Crippen LogP contribution in [0, 0.1) is 5.92 Å². The van der Waals surface area contributed by atoms with E-state index in [9.17, 15) is 0 Å². The molecule has 3 heteroatoms. The first-order chi connectivity index (χ1) is 6.84. The van der Waals surface area contributed by atoms with Crippen LogP contribution in [0.25, 0.3) is 0 Å². The van der Waals surface area contributed by atoms with Crippen molar-refractivity contribution >= 4 is 5.82 Å². The first-order valence-electron chi connectivity index (χ1n) is 5.26. The Morgan fingerprint density at radius 3 is 3.07 bits per heavy atom. The van der Waals surface area contributed by atoms with E-state index in [2.05, 4.69) is 16.4 Å². The van der Waals surface area contributed by atoms with Crippen LogP contribution in [0.15, 0.2) is 18.3 Å². The molecule has 2 rings (SSSR count). The summed E-state index contributed by atoms with van der Waals surface area (Å²) in [7, 11) is 0. The second-order valence-electron chi connectivity index (χ2n) is 4.01. The maximum Gasteiger partial charge on any atom is 0.123 e. The Balaban J connectivity index is 1.92. The summed E-state index contributed by atoms with van der Waals surface area (Å²) in [6.45, 7) is 2.32. The van der Waals surface area contributed by atoms with Crippen LogP contribution in [-0.4, -0.2) is 18.1 Å². The number of aromatic nitrogens is 1. The van der Waals surface area contributed by atoms with E-state index in [1.807, 2.05) is 12.3 Å². The van der Waals surface area contributed by atoms with Gasteiger partial charge >= 0.3 is 0 Å². The fourth-order valence-corrected chi connectivity index (χ4v) is 1.99. The molecule has 0 radical (unpaired) electrons. The fraction of sp³-hybridized carbons (Fsp3) is 0.545. The zero-order chi connectivity index (χ0) is 9.80. The van der Waals surface area contributed by atoms with Gasteiger partial charge in [0.2, 0.25) is 0 Å². The SMILES string of the molecule is Nc1ccc(C[C@H]2CCCNC2)cn1. The zero-order valence-corrected chi connectivity index (χ0v) is 8.37. The number of anilines is 1. The van der Waals surface area contributed by atoms with Crippen molar-refractivity contribution in [3.63, 3.8) is 0 Å². The molecule has 1 aromatic heterocycles. The van der Waals surface area contributed by atoms with Crippen LogP contribution in [-0.2, 0) is 6.42 Å². The number of nitrogens with two attached hydrogens (primary N) is 1. The number of nitrogens with one attached hydrogen (secondary N) is 1. The number of hydrogen-bond acceptors (Lipinski definition) is 3. The van der Waals surface area contributed by atoms with Gasteiger partial charge in [0.15, 0.2) is 0 Å². The second-order valence-corrected chi connectivity index (χ2v) is 4.01. The normalized spacial score (nSPS) is 22.1. The maximum atomic E-state index is 5.54. The summed E-state index contributed by atoms with van der Waals surface area (Å²) in [5.74, 6) is 1.38. The van der Waals surface area contributed by atoms with Gasteiger partial charge in [-0.15, -0.1) is 0 Å². The fourth-order valence-electron chi connectivity index (χ4n) is 1.99. The molecule has 0 unspecified atom stereocenters.